The molecule has 5 nitrogen and oxygen atoms in total. The largest absolute Gasteiger partial charge is 0.376 e. The minimum Gasteiger partial charge on any atom is -0.376 e. The van der Waals surface area contributed by atoms with Crippen LogP contribution in [0.3, 0.4) is 0 Å². The fraction of sp³-hybridized carbons (Fsp3) is 0.929. The Morgan fingerprint density at radius 2 is 2.21 bits per heavy atom. The van der Waals surface area contributed by atoms with E-state index >= 15 is 0 Å². The summed E-state index contributed by atoms with van der Waals surface area (Å²) in [6.45, 7) is 8.84. The van der Waals surface area contributed by atoms with Crippen molar-refractivity contribution in [2.75, 3.05) is 26.4 Å². The summed E-state index contributed by atoms with van der Waals surface area (Å²) in [5.74, 6) is 0.531. The fourth-order valence-electron chi connectivity index (χ4n) is 2.77. The Kier molecular flexibility index (Phi) is 5.19. The van der Waals surface area contributed by atoms with Crippen LogP contribution in [0.4, 0.5) is 0 Å². The van der Waals surface area contributed by atoms with Gasteiger partial charge in [-0.3, -0.25) is 10.1 Å². The molecule has 5 heteroatoms. The van der Waals surface area contributed by atoms with Gasteiger partial charge >= 0.3 is 0 Å². The molecule has 0 aromatic rings. The van der Waals surface area contributed by atoms with Gasteiger partial charge in [-0.2, -0.15) is 0 Å². The Bertz CT molecular complexity index is 303. The first-order valence-corrected chi connectivity index (χ1v) is 7.39. The van der Waals surface area contributed by atoms with Crippen molar-refractivity contribution in [3.8, 4) is 0 Å². The van der Waals surface area contributed by atoms with Gasteiger partial charge in [-0.1, -0.05) is 27.2 Å². The highest BCUT2D eigenvalue weighted by Crippen LogP contribution is 2.21. The summed E-state index contributed by atoms with van der Waals surface area (Å²) >= 11 is 0. The normalized spacial score (nSPS) is 32.3. The fourth-order valence-corrected chi connectivity index (χ4v) is 2.77. The Balaban J connectivity index is 1.99. The zero-order valence-electron chi connectivity index (χ0n) is 12.2. The lowest BCUT2D eigenvalue weighted by atomic mass is 10.1. The van der Waals surface area contributed by atoms with Crippen molar-refractivity contribution in [2.45, 2.75) is 51.9 Å². The molecule has 0 aromatic carbocycles. The second-order valence-electron chi connectivity index (χ2n) is 5.75. The van der Waals surface area contributed by atoms with E-state index in [0.717, 1.165) is 12.8 Å². The van der Waals surface area contributed by atoms with E-state index in [9.17, 15) is 4.79 Å². The molecule has 0 saturated carbocycles. The average Bonchev–Trinajstić information content (AvgIpc) is 2.70. The van der Waals surface area contributed by atoms with Crippen LogP contribution in [-0.4, -0.2) is 55.5 Å². The number of nitrogens with one attached hydrogen (secondary N) is 1. The molecule has 0 spiro atoms. The molecule has 1 N–H and O–H groups in total. The van der Waals surface area contributed by atoms with Gasteiger partial charge in [0.1, 0.15) is 0 Å². The second kappa shape index (κ2) is 6.68. The van der Waals surface area contributed by atoms with Crippen molar-refractivity contribution in [2.24, 2.45) is 5.92 Å². The van der Waals surface area contributed by atoms with E-state index in [-0.39, 0.29) is 24.2 Å². The Hall–Kier alpha value is -0.650. The zero-order valence-corrected chi connectivity index (χ0v) is 12.2. The summed E-state index contributed by atoms with van der Waals surface area (Å²) in [4.78, 5) is 14.4. The van der Waals surface area contributed by atoms with Gasteiger partial charge in [0.05, 0.1) is 44.7 Å². The van der Waals surface area contributed by atoms with Crippen LogP contribution in [0.25, 0.3) is 0 Å². The van der Waals surface area contributed by atoms with Crippen molar-refractivity contribution in [3.63, 3.8) is 0 Å². The molecule has 2 rings (SSSR count). The van der Waals surface area contributed by atoms with Gasteiger partial charge in [-0.15, -0.1) is 0 Å². The molecule has 1 amide bonds. The number of ether oxygens (including phenoxy) is 2. The smallest absolute Gasteiger partial charge is 0.241 e. The molecule has 3 atom stereocenters. The number of nitrogens with zero attached hydrogens (tertiary/aromatic N) is 1. The number of rotatable bonds is 5. The third-order valence-corrected chi connectivity index (χ3v) is 3.81. The van der Waals surface area contributed by atoms with Crippen LogP contribution in [0.2, 0.25) is 0 Å². The first-order chi connectivity index (χ1) is 9.13. The van der Waals surface area contributed by atoms with Crippen molar-refractivity contribution >= 4 is 5.91 Å². The molecule has 2 saturated heterocycles. The molecule has 2 heterocycles. The topological polar surface area (TPSA) is 50.8 Å². The summed E-state index contributed by atoms with van der Waals surface area (Å²) in [6.07, 6.45) is 2.22. The zero-order chi connectivity index (χ0) is 13.8. The van der Waals surface area contributed by atoms with Crippen LogP contribution < -0.4 is 5.32 Å². The monoisotopic (exact) mass is 270 g/mol. The van der Waals surface area contributed by atoms with Gasteiger partial charge in [-0.05, 0) is 12.3 Å². The molecule has 2 aliphatic heterocycles. The van der Waals surface area contributed by atoms with Gasteiger partial charge < -0.3 is 14.4 Å². The number of amides is 1. The standard InChI is InChI=1S/C14H26N2O3/c1-4-5-12-15-13(10(2)3)14(17)16(12)8-11-9-18-6-7-19-11/h10-13,15H,4-9H2,1-3H3. The molecule has 110 valence electrons. The highest BCUT2D eigenvalue weighted by Gasteiger charge is 2.40. The van der Waals surface area contributed by atoms with Gasteiger partial charge in [0.25, 0.3) is 0 Å². The highest BCUT2D eigenvalue weighted by atomic mass is 16.6. The summed E-state index contributed by atoms with van der Waals surface area (Å²) in [5.41, 5.74) is 0. The third-order valence-electron chi connectivity index (χ3n) is 3.81. The van der Waals surface area contributed by atoms with Crippen LogP contribution in [0, 0.1) is 5.92 Å². The van der Waals surface area contributed by atoms with Crippen LogP contribution in [0.5, 0.6) is 0 Å². The molecule has 3 unspecified atom stereocenters. The maximum absolute atomic E-state index is 12.5. The van der Waals surface area contributed by atoms with E-state index in [1.54, 1.807) is 0 Å². The maximum Gasteiger partial charge on any atom is 0.241 e. The number of hydrogen-bond acceptors (Lipinski definition) is 4. The van der Waals surface area contributed by atoms with Gasteiger partial charge in [0, 0.05) is 0 Å². The molecular weight excluding hydrogens is 244 g/mol. The maximum atomic E-state index is 12.5. The second-order valence-corrected chi connectivity index (χ2v) is 5.75. The molecular formula is C14H26N2O3. The van der Waals surface area contributed by atoms with E-state index in [1.165, 1.54) is 0 Å². The predicted molar refractivity (Wildman–Crippen MR) is 72.7 cm³/mol. The molecule has 0 bridgehead atoms. The van der Waals surface area contributed by atoms with Crippen LogP contribution in [0.15, 0.2) is 0 Å². The quantitative estimate of drug-likeness (QED) is 0.809. The van der Waals surface area contributed by atoms with Crippen molar-refractivity contribution in [3.05, 3.63) is 0 Å². The molecule has 2 aliphatic rings. The van der Waals surface area contributed by atoms with Crippen molar-refractivity contribution in [1.82, 2.24) is 10.2 Å². The Morgan fingerprint density at radius 1 is 1.42 bits per heavy atom. The summed E-state index contributed by atoms with van der Waals surface area (Å²) in [5, 5.41) is 3.46. The first kappa shape index (κ1) is 14.8. The van der Waals surface area contributed by atoms with Crippen molar-refractivity contribution < 1.29 is 14.3 Å². The summed E-state index contributed by atoms with van der Waals surface area (Å²) in [7, 11) is 0. The molecule has 2 fully saturated rings. The SMILES string of the molecule is CCCC1NC(C(C)C)C(=O)N1CC1COCCO1. The van der Waals surface area contributed by atoms with Gasteiger partial charge in [-0.25, -0.2) is 0 Å². The lowest BCUT2D eigenvalue weighted by Gasteiger charge is -2.30. The molecule has 0 radical (unpaired) electrons. The predicted octanol–water partition coefficient (Wildman–Crippen LogP) is 0.984. The number of hydrogen-bond donors (Lipinski definition) is 1. The van der Waals surface area contributed by atoms with Crippen molar-refractivity contribution in [1.29, 1.82) is 0 Å². The Morgan fingerprint density at radius 3 is 2.79 bits per heavy atom. The van der Waals surface area contributed by atoms with Crippen LogP contribution >= 0.6 is 0 Å². The third kappa shape index (κ3) is 3.46. The van der Waals surface area contributed by atoms with E-state index < -0.39 is 0 Å². The lowest BCUT2D eigenvalue weighted by Crippen LogP contribution is -2.45. The van der Waals surface area contributed by atoms with E-state index in [1.807, 2.05) is 4.90 Å². The average molecular weight is 270 g/mol. The lowest BCUT2D eigenvalue weighted by molar-refractivity contribution is -0.137. The Labute approximate surface area is 115 Å². The highest BCUT2D eigenvalue weighted by molar-refractivity contribution is 5.84. The molecule has 0 aliphatic carbocycles. The van der Waals surface area contributed by atoms with Crippen LogP contribution in [-0.2, 0) is 14.3 Å². The first-order valence-electron chi connectivity index (χ1n) is 7.39. The molecule has 19 heavy (non-hydrogen) atoms. The van der Waals surface area contributed by atoms with E-state index in [0.29, 0.717) is 32.3 Å². The minimum atomic E-state index is -0.0546. The summed E-state index contributed by atoms with van der Waals surface area (Å²) < 4.78 is 11.1. The van der Waals surface area contributed by atoms with Gasteiger partial charge in [0.15, 0.2) is 0 Å². The summed E-state index contributed by atoms with van der Waals surface area (Å²) in [6, 6.07) is -0.0546. The minimum absolute atomic E-state index is 0.0183. The number of carbonyl (C=O) groups is 1. The molecule has 0 aromatic heterocycles. The van der Waals surface area contributed by atoms with Crippen LogP contribution in [0.1, 0.15) is 33.6 Å². The number of carbonyl (C=O) groups excluding carboxylic acids is 1. The van der Waals surface area contributed by atoms with Gasteiger partial charge in [0.2, 0.25) is 5.91 Å². The van der Waals surface area contributed by atoms with E-state index in [4.69, 9.17) is 9.47 Å². The van der Waals surface area contributed by atoms with E-state index in [2.05, 4.69) is 26.1 Å².